The predicted molar refractivity (Wildman–Crippen MR) is 84.2 cm³/mol. The summed E-state index contributed by atoms with van der Waals surface area (Å²) < 4.78 is 19.4. The van der Waals surface area contributed by atoms with E-state index in [2.05, 4.69) is 21.1 Å². The van der Waals surface area contributed by atoms with Crippen molar-refractivity contribution in [2.24, 2.45) is 0 Å². The van der Waals surface area contributed by atoms with Crippen molar-refractivity contribution in [3.63, 3.8) is 0 Å². The zero-order chi connectivity index (χ0) is 15.0. The molecule has 5 heteroatoms. The molecular weight excluding hydrogens is 335 g/mol. The van der Waals surface area contributed by atoms with Gasteiger partial charge in [-0.15, -0.1) is 0 Å². The van der Waals surface area contributed by atoms with Gasteiger partial charge in [-0.3, -0.25) is 0 Å². The number of benzene rings is 2. The standard InChI is InChI=1S/C16H12BrFN2O/c1-9-5-7-10(8-6-9)13-15(21-20-16(13)19)11-3-2-4-12(18)14(11)17/h2-8H,1H3,(H2,19,20). The number of rotatable bonds is 2. The van der Waals surface area contributed by atoms with Gasteiger partial charge in [0.1, 0.15) is 5.82 Å². The molecule has 0 bridgehead atoms. The van der Waals surface area contributed by atoms with Crippen molar-refractivity contribution in [1.82, 2.24) is 5.16 Å². The number of hydrogen-bond acceptors (Lipinski definition) is 3. The normalized spacial score (nSPS) is 10.8. The maximum absolute atomic E-state index is 13.7. The first kappa shape index (κ1) is 13.8. The van der Waals surface area contributed by atoms with Gasteiger partial charge in [-0.2, -0.15) is 0 Å². The van der Waals surface area contributed by atoms with Crippen molar-refractivity contribution in [3.8, 4) is 22.5 Å². The summed E-state index contributed by atoms with van der Waals surface area (Å²) in [5, 5.41) is 3.82. The number of aromatic nitrogens is 1. The van der Waals surface area contributed by atoms with Crippen LogP contribution in [0.2, 0.25) is 0 Å². The van der Waals surface area contributed by atoms with Gasteiger partial charge >= 0.3 is 0 Å². The lowest BCUT2D eigenvalue weighted by Crippen LogP contribution is -1.90. The molecule has 0 aliphatic rings. The average molecular weight is 347 g/mol. The monoisotopic (exact) mass is 346 g/mol. The highest BCUT2D eigenvalue weighted by atomic mass is 79.9. The van der Waals surface area contributed by atoms with Crippen LogP contribution in [0.25, 0.3) is 22.5 Å². The number of anilines is 1. The Bertz CT molecular complexity index is 797. The van der Waals surface area contributed by atoms with Crippen LogP contribution < -0.4 is 5.73 Å². The molecule has 0 atom stereocenters. The first-order valence-corrected chi connectivity index (χ1v) is 7.14. The summed E-state index contributed by atoms with van der Waals surface area (Å²) in [4.78, 5) is 0. The first-order valence-electron chi connectivity index (χ1n) is 6.34. The molecule has 3 nitrogen and oxygen atoms in total. The predicted octanol–water partition coefficient (Wildman–Crippen LogP) is 4.80. The molecule has 0 radical (unpaired) electrons. The molecule has 0 aliphatic carbocycles. The molecule has 0 fully saturated rings. The summed E-state index contributed by atoms with van der Waals surface area (Å²) in [6, 6.07) is 12.6. The Morgan fingerprint density at radius 3 is 2.57 bits per heavy atom. The van der Waals surface area contributed by atoms with Gasteiger partial charge in [0.25, 0.3) is 0 Å². The van der Waals surface area contributed by atoms with Crippen molar-refractivity contribution >= 4 is 21.7 Å². The molecule has 0 saturated carbocycles. The highest BCUT2D eigenvalue weighted by molar-refractivity contribution is 9.10. The molecule has 21 heavy (non-hydrogen) atoms. The summed E-state index contributed by atoms with van der Waals surface area (Å²) >= 11 is 3.24. The fraction of sp³-hybridized carbons (Fsp3) is 0.0625. The molecule has 1 heterocycles. The minimum atomic E-state index is -0.364. The van der Waals surface area contributed by atoms with E-state index in [4.69, 9.17) is 10.3 Å². The van der Waals surface area contributed by atoms with Crippen LogP contribution in [-0.2, 0) is 0 Å². The maximum Gasteiger partial charge on any atom is 0.178 e. The second-order valence-corrected chi connectivity index (χ2v) is 5.53. The van der Waals surface area contributed by atoms with Gasteiger partial charge in [0.15, 0.2) is 11.6 Å². The number of hydrogen-bond donors (Lipinski definition) is 1. The lowest BCUT2D eigenvalue weighted by Gasteiger charge is -2.06. The van der Waals surface area contributed by atoms with E-state index in [1.54, 1.807) is 12.1 Å². The SMILES string of the molecule is Cc1ccc(-c2c(N)noc2-c2cccc(F)c2Br)cc1. The molecule has 0 aliphatic heterocycles. The van der Waals surface area contributed by atoms with Crippen molar-refractivity contribution in [1.29, 1.82) is 0 Å². The van der Waals surface area contributed by atoms with Crippen LogP contribution in [0.3, 0.4) is 0 Å². The molecule has 3 aromatic rings. The number of nitrogens with zero attached hydrogens (tertiary/aromatic N) is 1. The molecule has 0 amide bonds. The average Bonchev–Trinajstić information content (AvgIpc) is 2.85. The number of aryl methyl sites for hydroxylation is 1. The Morgan fingerprint density at radius 1 is 1.14 bits per heavy atom. The van der Waals surface area contributed by atoms with Gasteiger partial charge in [-0.05, 0) is 40.5 Å². The third kappa shape index (κ3) is 2.45. The highest BCUT2D eigenvalue weighted by Gasteiger charge is 2.20. The third-order valence-electron chi connectivity index (χ3n) is 3.25. The van der Waals surface area contributed by atoms with E-state index in [0.717, 1.165) is 11.1 Å². The van der Waals surface area contributed by atoms with E-state index in [9.17, 15) is 4.39 Å². The summed E-state index contributed by atoms with van der Waals surface area (Å²) in [7, 11) is 0. The van der Waals surface area contributed by atoms with Crippen LogP contribution in [-0.4, -0.2) is 5.16 Å². The van der Waals surface area contributed by atoms with Gasteiger partial charge in [0.05, 0.1) is 10.0 Å². The summed E-state index contributed by atoms with van der Waals surface area (Å²) in [6.07, 6.45) is 0. The van der Waals surface area contributed by atoms with E-state index in [1.807, 2.05) is 31.2 Å². The minimum Gasteiger partial charge on any atom is -0.380 e. The van der Waals surface area contributed by atoms with E-state index >= 15 is 0 Å². The topological polar surface area (TPSA) is 52.0 Å². The van der Waals surface area contributed by atoms with Crippen molar-refractivity contribution < 1.29 is 8.91 Å². The van der Waals surface area contributed by atoms with Crippen molar-refractivity contribution in [3.05, 3.63) is 58.3 Å². The summed E-state index contributed by atoms with van der Waals surface area (Å²) in [5.41, 5.74) is 9.19. The second-order valence-electron chi connectivity index (χ2n) is 4.74. The van der Waals surface area contributed by atoms with Crippen molar-refractivity contribution in [2.75, 3.05) is 5.73 Å². The fourth-order valence-corrected chi connectivity index (χ4v) is 2.61. The van der Waals surface area contributed by atoms with E-state index in [0.29, 0.717) is 21.4 Å². The zero-order valence-electron chi connectivity index (χ0n) is 11.2. The quantitative estimate of drug-likeness (QED) is 0.724. The molecule has 2 aromatic carbocycles. The summed E-state index contributed by atoms with van der Waals surface area (Å²) in [5.74, 6) is 0.366. The van der Waals surface area contributed by atoms with Gasteiger partial charge < -0.3 is 10.3 Å². The maximum atomic E-state index is 13.7. The molecule has 106 valence electrons. The minimum absolute atomic E-state index is 0.282. The van der Waals surface area contributed by atoms with E-state index in [1.165, 1.54) is 6.07 Å². The zero-order valence-corrected chi connectivity index (χ0v) is 12.8. The Hall–Kier alpha value is -2.14. The smallest absolute Gasteiger partial charge is 0.178 e. The Labute approximate surface area is 129 Å². The number of nitrogen functional groups attached to an aromatic ring is 1. The molecule has 0 saturated heterocycles. The number of nitrogens with two attached hydrogens (primary N) is 1. The lowest BCUT2D eigenvalue weighted by atomic mass is 10.0. The van der Waals surface area contributed by atoms with Crippen LogP contribution in [0.1, 0.15) is 5.56 Å². The van der Waals surface area contributed by atoms with Crippen LogP contribution in [0.4, 0.5) is 10.2 Å². The van der Waals surface area contributed by atoms with Crippen LogP contribution in [0, 0.1) is 12.7 Å². The largest absolute Gasteiger partial charge is 0.380 e. The molecule has 3 rings (SSSR count). The van der Waals surface area contributed by atoms with Gasteiger partial charge in [0, 0.05) is 5.56 Å². The van der Waals surface area contributed by atoms with Crippen LogP contribution >= 0.6 is 15.9 Å². The molecule has 2 N–H and O–H groups in total. The van der Waals surface area contributed by atoms with Gasteiger partial charge in [-0.25, -0.2) is 4.39 Å². The molecule has 0 spiro atoms. The van der Waals surface area contributed by atoms with Crippen molar-refractivity contribution in [2.45, 2.75) is 6.92 Å². The van der Waals surface area contributed by atoms with Crippen LogP contribution in [0.15, 0.2) is 51.5 Å². The Morgan fingerprint density at radius 2 is 1.86 bits per heavy atom. The van der Waals surface area contributed by atoms with Gasteiger partial charge in [-0.1, -0.05) is 41.1 Å². The molecule has 0 unspecified atom stereocenters. The fourth-order valence-electron chi connectivity index (χ4n) is 2.16. The highest BCUT2D eigenvalue weighted by Crippen LogP contribution is 2.40. The van der Waals surface area contributed by atoms with E-state index in [-0.39, 0.29) is 11.6 Å². The third-order valence-corrected chi connectivity index (χ3v) is 4.06. The first-order chi connectivity index (χ1) is 10.1. The Kier molecular flexibility index (Phi) is 3.51. The number of halogens is 2. The van der Waals surface area contributed by atoms with Gasteiger partial charge in [0.2, 0.25) is 0 Å². The van der Waals surface area contributed by atoms with E-state index < -0.39 is 0 Å². The second kappa shape index (κ2) is 5.33. The summed E-state index contributed by atoms with van der Waals surface area (Å²) in [6.45, 7) is 2.00. The lowest BCUT2D eigenvalue weighted by molar-refractivity contribution is 0.435. The Balaban J connectivity index is 2.22. The van der Waals surface area contributed by atoms with Crippen LogP contribution in [0.5, 0.6) is 0 Å². The molecule has 1 aromatic heterocycles. The molecular formula is C16H12BrFN2O.